The molecule has 0 aromatic carbocycles. The van der Waals surface area contributed by atoms with E-state index in [4.69, 9.17) is 4.74 Å². The fraction of sp³-hybridized carbons (Fsp3) is 0.500. The van der Waals surface area contributed by atoms with Crippen molar-refractivity contribution in [3.63, 3.8) is 0 Å². The van der Waals surface area contributed by atoms with Gasteiger partial charge in [0.25, 0.3) is 0 Å². The zero-order chi connectivity index (χ0) is 15.5. The molecule has 1 saturated carbocycles. The van der Waals surface area contributed by atoms with Gasteiger partial charge in [-0.05, 0) is 42.7 Å². The summed E-state index contributed by atoms with van der Waals surface area (Å²) in [7, 11) is 0. The lowest BCUT2D eigenvalue weighted by Crippen LogP contribution is -2.35. The second-order valence-corrected chi connectivity index (χ2v) is 7.00. The summed E-state index contributed by atoms with van der Waals surface area (Å²) in [5.41, 5.74) is 3.16. The molecule has 1 spiro atoms. The Labute approximate surface area is 129 Å². The maximum Gasteiger partial charge on any atom is 0.123 e. The van der Waals surface area contributed by atoms with E-state index < -0.39 is 0 Å². The molecule has 0 N–H and O–H groups in total. The molecule has 1 aliphatic heterocycles. The van der Waals surface area contributed by atoms with Gasteiger partial charge in [-0.1, -0.05) is 50.8 Å². The van der Waals surface area contributed by atoms with Crippen molar-refractivity contribution in [1.29, 1.82) is 0 Å². The molecular weight excluding hydrogens is 256 g/mol. The predicted molar refractivity (Wildman–Crippen MR) is 90.9 cm³/mol. The maximum absolute atomic E-state index is 6.00. The lowest BCUT2D eigenvalue weighted by atomic mass is 9.67. The normalized spacial score (nSPS) is 33.2. The summed E-state index contributed by atoms with van der Waals surface area (Å²) in [4.78, 5) is 0. The van der Waals surface area contributed by atoms with Crippen molar-refractivity contribution in [3.05, 3.63) is 60.9 Å². The van der Waals surface area contributed by atoms with Crippen LogP contribution >= 0.6 is 0 Å². The molecule has 2 atom stereocenters. The Kier molecular flexibility index (Phi) is 4.61. The summed E-state index contributed by atoms with van der Waals surface area (Å²) in [6.45, 7) is 14.6. The Bertz CT molecular complexity index is 504. The quantitative estimate of drug-likeness (QED) is 0.599. The lowest BCUT2D eigenvalue weighted by molar-refractivity contribution is 0.126. The molecule has 0 aromatic rings. The van der Waals surface area contributed by atoms with E-state index in [1.807, 2.05) is 18.4 Å². The van der Waals surface area contributed by atoms with Crippen LogP contribution in [0, 0.1) is 10.8 Å². The van der Waals surface area contributed by atoms with Crippen LogP contribution in [0.5, 0.6) is 0 Å². The molecule has 1 heterocycles. The molecule has 2 unspecified atom stereocenters. The third-order valence-corrected chi connectivity index (χ3v) is 4.84. The smallest absolute Gasteiger partial charge is 0.123 e. The summed E-state index contributed by atoms with van der Waals surface area (Å²) < 4.78 is 6.00. The van der Waals surface area contributed by atoms with Crippen LogP contribution in [0.2, 0.25) is 0 Å². The summed E-state index contributed by atoms with van der Waals surface area (Å²) in [6.07, 6.45) is 16.9. The van der Waals surface area contributed by atoms with Crippen LogP contribution in [-0.2, 0) is 4.74 Å². The van der Waals surface area contributed by atoms with Crippen LogP contribution in [0.1, 0.15) is 46.5 Å². The van der Waals surface area contributed by atoms with Crippen LogP contribution < -0.4 is 0 Å². The van der Waals surface area contributed by atoms with Crippen molar-refractivity contribution in [1.82, 2.24) is 0 Å². The van der Waals surface area contributed by atoms with Crippen LogP contribution in [0.3, 0.4) is 0 Å². The second-order valence-electron chi connectivity index (χ2n) is 7.00. The van der Waals surface area contributed by atoms with Gasteiger partial charge in [0.05, 0.1) is 6.26 Å². The van der Waals surface area contributed by atoms with Gasteiger partial charge in [0, 0.05) is 11.8 Å². The highest BCUT2D eigenvalue weighted by atomic mass is 16.5. The molecule has 21 heavy (non-hydrogen) atoms. The van der Waals surface area contributed by atoms with E-state index in [-0.39, 0.29) is 11.5 Å². The minimum atomic E-state index is 0.100. The first-order chi connectivity index (χ1) is 9.99. The standard InChI is InChI=1S/C20H28O/c1-6-9-16-14-21-18(11-8-3)17(10-7-2)20(16)13-12-19(4,5)15-20/h6-10,14,18H,2-3,11-13,15H2,1,4-5H3/b9-6-,17-10+. The highest BCUT2D eigenvalue weighted by Gasteiger charge is 2.50. The van der Waals surface area contributed by atoms with E-state index >= 15 is 0 Å². The van der Waals surface area contributed by atoms with E-state index in [2.05, 4.69) is 52.2 Å². The van der Waals surface area contributed by atoms with Crippen molar-refractivity contribution < 1.29 is 4.74 Å². The number of hydrogen-bond acceptors (Lipinski definition) is 1. The van der Waals surface area contributed by atoms with Crippen molar-refractivity contribution in [2.75, 3.05) is 0 Å². The van der Waals surface area contributed by atoms with Gasteiger partial charge >= 0.3 is 0 Å². The number of rotatable bonds is 4. The number of hydrogen-bond donors (Lipinski definition) is 0. The molecule has 0 bridgehead atoms. The number of allylic oxidation sites excluding steroid dienone is 5. The first-order valence-electron chi connectivity index (χ1n) is 7.92. The van der Waals surface area contributed by atoms with E-state index in [1.54, 1.807) is 0 Å². The van der Waals surface area contributed by atoms with Gasteiger partial charge in [0.1, 0.15) is 6.10 Å². The molecule has 0 saturated heterocycles. The Morgan fingerprint density at radius 2 is 2.10 bits per heavy atom. The average Bonchev–Trinajstić information content (AvgIpc) is 2.75. The molecule has 1 fully saturated rings. The van der Waals surface area contributed by atoms with E-state index in [1.165, 1.54) is 30.4 Å². The van der Waals surface area contributed by atoms with Gasteiger partial charge in [-0.2, -0.15) is 0 Å². The highest BCUT2D eigenvalue weighted by molar-refractivity contribution is 5.43. The molecule has 1 nitrogen and oxygen atoms in total. The summed E-state index contributed by atoms with van der Waals surface area (Å²) in [6, 6.07) is 0. The Balaban J connectivity index is 2.53. The van der Waals surface area contributed by atoms with E-state index in [0.717, 1.165) is 6.42 Å². The third-order valence-electron chi connectivity index (χ3n) is 4.84. The van der Waals surface area contributed by atoms with Crippen molar-refractivity contribution in [2.24, 2.45) is 10.8 Å². The SMILES string of the molecule is C=C/C=C1\C(CC=C)OC=C(/C=C\C)C12CCC(C)(C)C2. The van der Waals surface area contributed by atoms with Gasteiger partial charge in [-0.25, -0.2) is 0 Å². The Hall–Kier alpha value is -1.50. The van der Waals surface area contributed by atoms with E-state index in [0.29, 0.717) is 5.41 Å². The third kappa shape index (κ3) is 2.92. The summed E-state index contributed by atoms with van der Waals surface area (Å²) >= 11 is 0. The molecule has 0 aromatic heterocycles. The molecule has 114 valence electrons. The molecule has 0 radical (unpaired) electrons. The largest absolute Gasteiger partial charge is 0.493 e. The summed E-state index contributed by atoms with van der Waals surface area (Å²) in [5.74, 6) is 0. The number of ether oxygens (including phenoxy) is 1. The topological polar surface area (TPSA) is 9.23 Å². The maximum atomic E-state index is 6.00. The Morgan fingerprint density at radius 1 is 1.33 bits per heavy atom. The minimum absolute atomic E-state index is 0.100. The summed E-state index contributed by atoms with van der Waals surface area (Å²) in [5, 5.41) is 0. The molecule has 1 heteroatoms. The zero-order valence-corrected chi connectivity index (χ0v) is 13.7. The van der Waals surface area contributed by atoms with Crippen LogP contribution in [0.25, 0.3) is 0 Å². The molecule has 2 rings (SSSR count). The fourth-order valence-electron chi connectivity index (χ4n) is 3.96. The molecular formula is C20H28O. The van der Waals surface area contributed by atoms with Gasteiger partial charge in [0.15, 0.2) is 0 Å². The average molecular weight is 284 g/mol. The van der Waals surface area contributed by atoms with Crippen molar-refractivity contribution in [2.45, 2.75) is 52.6 Å². The zero-order valence-electron chi connectivity index (χ0n) is 13.7. The monoisotopic (exact) mass is 284 g/mol. The molecule has 0 amide bonds. The van der Waals surface area contributed by atoms with Crippen molar-refractivity contribution >= 4 is 0 Å². The molecule has 2 aliphatic rings. The van der Waals surface area contributed by atoms with Crippen molar-refractivity contribution in [3.8, 4) is 0 Å². The first kappa shape index (κ1) is 15.9. The first-order valence-corrected chi connectivity index (χ1v) is 7.92. The predicted octanol–water partition coefficient (Wildman–Crippen LogP) is 5.73. The van der Waals surface area contributed by atoms with Gasteiger partial charge in [0.2, 0.25) is 0 Å². The van der Waals surface area contributed by atoms with Gasteiger partial charge in [-0.15, -0.1) is 6.58 Å². The lowest BCUT2D eigenvalue weighted by Gasteiger charge is -2.42. The highest BCUT2D eigenvalue weighted by Crippen LogP contribution is 2.59. The van der Waals surface area contributed by atoms with Crippen LogP contribution in [0.15, 0.2) is 60.9 Å². The second kappa shape index (κ2) is 6.09. The van der Waals surface area contributed by atoms with Gasteiger partial charge in [-0.3, -0.25) is 0 Å². The molecule has 1 aliphatic carbocycles. The van der Waals surface area contributed by atoms with Gasteiger partial charge < -0.3 is 4.74 Å². The fourth-order valence-corrected chi connectivity index (χ4v) is 3.96. The van der Waals surface area contributed by atoms with Crippen LogP contribution in [0.4, 0.5) is 0 Å². The minimum Gasteiger partial charge on any atom is -0.493 e. The Morgan fingerprint density at radius 3 is 2.62 bits per heavy atom. The van der Waals surface area contributed by atoms with E-state index in [9.17, 15) is 0 Å². The van der Waals surface area contributed by atoms with Crippen LogP contribution in [-0.4, -0.2) is 6.10 Å².